The summed E-state index contributed by atoms with van der Waals surface area (Å²) in [6.07, 6.45) is 2.43. The summed E-state index contributed by atoms with van der Waals surface area (Å²) in [6, 6.07) is 0. The maximum Gasteiger partial charge on any atom is 0.306 e. The van der Waals surface area contributed by atoms with Crippen molar-refractivity contribution >= 4 is 11.9 Å². The first kappa shape index (κ1) is 17.2. The Morgan fingerprint density at radius 2 is 1.82 bits per heavy atom. The Morgan fingerprint density at radius 1 is 1.23 bits per heavy atom. The summed E-state index contributed by atoms with van der Waals surface area (Å²) in [6.45, 7) is 5.56. The van der Waals surface area contributed by atoms with Gasteiger partial charge in [0.2, 0.25) is 5.91 Å². The number of hydrogen-bond acceptors (Lipinski definition) is 4. The minimum atomic E-state index is -0.737. The average molecular weight is 313 g/mol. The molecule has 1 aliphatic heterocycles. The van der Waals surface area contributed by atoms with Crippen LogP contribution in [0.4, 0.5) is 0 Å². The lowest BCUT2D eigenvalue weighted by atomic mass is 9.81. The van der Waals surface area contributed by atoms with Gasteiger partial charge in [0.1, 0.15) is 0 Å². The quantitative estimate of drug-likeness (QED) is 0.852. The Balaban J connectivity index is 1.95. The molecule has 1 amide bonds. The first-order valence-corrected chi connectivity index (χ1v) is 8.01. The summed E-state index contributed by atoms with van der Waals surface area (Å²) < 4.78 is 11.1. The first-order chi connectivity index (χ1) is 10.3. The molecular weight excluding hydrogens is 286 g/mol. The molecule has 6 nitrogen and oxygen atoms in total. The van der Waals surface area contributed by atoms with E-state index in [0.29, 0.717) is 45.4 Å². The van der Waals surface area contributed by atoms with Gasteiger partial charge in [0, 0.05) is 26.1 Å². The van der Waals surface area contributed by atoms with Crippen molar-refractivity contribution in [2.45, 2.75) is 51.2 Å². The SMILES string of the molecule is COCC1CN(C(=O)C2CCC(C(=O)O)CC2)CC(C)(C)O1. The van der Waals surface area contributed by atoms with Crippen LogP contribution in [-0.4, -0.2) is 60.4 Å². The highest BCUT2D eigenvalue weighted by molar-refractivity contribution is 5.79. The lowest BCUT2D eigenvalue weighted by Crippen LogP contribution is -2.57. The van der Waals surface area contributed by atoms with E-state index in [4.69, 9.17) is 14.6 Å². The molecular formula is C16H27NO5. The Labute approximate surface area is 131 Å². The van der Waals surface area contributed by atoms with E-state index in [2.05, 4.69) is 0 Å². The molecule has 0 spiro atoms. The van der Waals surface area contributed by atoms with Crippen molar-refractivity contribution in [3.05, 3.63) is 0 Å². The molecule has 1 heterocycles. The van der Waals surface area contributed by atoms with E-state index in [1.165, 1.54) is 0 Å². The number of carboxylic acids is 1. The van der Waals surface area contributed by atoms with Crippen molar-refractivity contribution in [2.24, 2.45) is 11.8 Å². The molecule has 0 aromatic carbocycles. The minimum absolute atomic E-state index is 0.0484. The second kappa shape index (κ2) is 6.96. The number of carbonyl (C=O) groups excluding carboxylic acids is 1. The molecule has 22 heavy (non-hydrogen) atoms. The number of carboxylic acid groups (broad SMARTS) is 1. The second-order valence-corrected chi connectivity index (χ2v) is 7.06. The third-order valence-corrected chi connectivity index (χ3v) is 4.57. The summed E-state index contributed by atoms with van der Waals surface area (Å²) in [5.74, 6) is -0.931. The highest BCUT2D eigenvalue weighted by Gasteiger charge is 2.39. The number of morpholine rings is 1. The number of rotatable bonds is 4. The minimum Gasteiger partial charge on any atom is -0.481 e. The van der Waals surface area contributed by atoms with Gasteiger partial charge in [-0.1, -0.05) is 0 Å². The largest absolute Gasteiger partial charge is 0.481 e. The van der Waals surface area contributed by atoms with E-state index in [1.807, 2.05) is 18.7 Å². The van der Waals surface area contributed by atoms with Crippen LogP contribution in [-0.2, 0) is 19.1 Å². The van der Waals surface area contributed by atoms with E-state index in [1.54, 1.807) is 7.11 Å². The van der Waals surface area contributed by atoms with E-state index in [0.717, 1.165) is 0 Å². The first-order valence-electron chi connectivity index (χ1n) is 8.01. The van der Waals surface area contributed by atoms with Crippen LogP contribution in [0.15, 0.2) is 0 Å². The molecule has 1 unspecified atom stereocenters. The predicted octanol–water partition coefficient (Wildman–Crippen LogP) is 1.53. The van der Waals surface area contributed by atoms with Crippen LogP contribution in [0.5, 0.6) is 0 Å². The van der Waals surface area contributed by atoms with Crippen LogP contribution in [0.1, 0.15) is 39.5 Å². The number of methoxy groups -OCH3 is 1. The maximum atomic E-state index is 12.7. The molecule has 6 heteroatoms. The molecule has 126 valence electrons. The van der Waals surface area contributed by atoms with Gasteiger partial charge in [0.05, 0.1) is 24.2 Å². The van der Waals surface area contributed by atoms with Crippen molar-refractivity contribution < 1.29 is 24.2 Å². The molecule has 0 bridgehead atoms. The third-order valence-electron chi connectivity index (χ3n) is 4.57. The molecule has 1 saturated carbocycles. The molecule has 1 N–H and O–H groups in total. The molecule has 2 fully saturated rings. The van der Waals surface area contributed by atoms with Crippen LogP contribution in [0, 0.1) is 11.8 Å². The molecule has 0 aromatic rings. The van der Waals surface area contributed by atoms with Gasteiger partial charge in [0.25, 0.3) is 0 Å². The van der Waals surface area contributed by atoms with Gasteiger partial charge >= 0.3 is 5.97 Å². The molecule has 1 saturated heterocycles. The Kier molecular flexibility index (Phi) is 5.45. The van der Waals surface area contributed by atoms with Crippen LogP contribution >= 0.6 is 0 Å². The molecule has 1 aliphatic carbocycles. The van der Waals surface area contributed by atoms with Crippen molar-refractivity contribution in [1.82, 2.24) is 4.90 Å². The summed E-state index contributed by atoms with van der Waals surface area (Å²) in [5.41, 5.74) is -0.380. The summed E-state index contributed by atoms with van der Waals surface area (Å²) in [7, 11) is 1.63. The molecule has 2 aliphatic rings. The van der Waals surface area contributed by atoms with Gasteiger partial charge < -0.3 is 19.5 Å². The number of aliphatic carboxylic acids is 1. The fraction of sp³-hybridized carbons (Fsp3) is 0.875. The lowest BCUT2D eigenvalue weighted by Gasteiger charge is -2.44. The molecule has 0 aromatic heterocycles. The number of amides is 1. The number of carbonyl (C=O) groups is 2. The lowest BCUT2D eigenvalue weighted by molar-refractivity contribution is -0.172. The normalized spacial score (nSPS) is 31.8. The number of hydrogen-bond donors (Lipinski definition) is 1. The van der Waals surface area contributed by atoms with Crippen LogP contribution in [0.2, 0.25) is 0 Å². The highest BCUT2D eigenvalue weighted by Crippen LogP contribution is 2.32. The third kappa shape index (κ3) is 4.20. The van der Waals surface area contributed by atoms with E-state index < -0.39 is 5.97 Å². The summed E-state index contributed by atoms with van der Waals surface area (Å²) in [5, 5.41) is 9.05. The van der Waals surface area contributed by atoms with Crippen molar-refractivity contribution in [1.29, 1.82) is 0 Å². The fourth-order valence-electron chi connectivity index (χ4n) is 3.58. The van der Waals surface area contributed by atoms with E-state index in [9.17, 15) is 9.59 Å². The number of nitrogens with zero attached hydrogens (tertiary/aromatic N) is 1. The van der Waals surface area contributed by atoms with Crippen molar-refractivity contribution in [3.63, 3.8) is 0 Å². The van der Waals surface area contributed by atoms with Gasteiger partial charge in [-0.15, -0.1) is 0 Å². The average Bonchev–Trinajstić information content (AvgIpc) is 2.45. The standard InChI is InChI=1S/C16H27NO5/c1-16(2)10-17(8-13(22-16)9-21-3)14(18)11-4-6-12(7-5-11)15(19)20/h11-13H,4-10H2,1-3H3,(H,19,20). The second-order valence-electron chi connectivity index (χ2n) is 7.06. The van der Waals surface area contributed by atoms with Crippen LogP contribution in [0.3, 0.4) is 0 Å². The van der Waals surface area contributed by atoms with E-state index >= 15 is 0 Å². The zero-order valence-corrected chi connectivity index (χ0v) is 13.7. The summed E-state index contributed by atoms with van der Waals surface area (Å²) >= 11 is 0. The number of ether oxygens (including phenoxy) is 2. The Hall–Kier alpha value is -1.14. The van der Waals surface area contributed by atoms with Crippen molar-refractivity contribution in [3.8, 4) is 0 Å². The van der Waals surface area contributed by atoms with Gasteiger partial charge in [0.15, 0.2) is 0 Å². The Morgan fingerprint density at radius 3 is 2.36 bits per heavy atom. The smallest absolute Gasteiger partial charge is 0.306 e. The monoisotopic (exact) mass is 313 g/mol. The van der Waals surface area contributed by atoms with Crippen LogP contribution < -0.4 is 0 Å². The van der Waals surface area contributed by atoms with Gasteiger partial charge in [-0.05, 0) is 39.5 Å². The van der Waals surface area contributed by atoms with Crippen molar-refractivity contribution in [2.75, 3.05) is 26.8 Å². The zero-order chi connectivity index (χ0) is 16.3. The van der Waals surface area contributed by atoms with E-state index in [-0.39, 0.29) is 29.4 Å². The maximum absolute atomic E-state index is 12.7. The molecule has 2 rings (SSSR count). The molecule has 0 radical (unpaired) electrons. The summed E-state index contributed by atoms with van der Waals surface area (Å²) in [4.78, 5) is 25.6. The fourth-order valence-corrected chi connectivity index (χ4v) is 3.58. The highest BCUT2D eigenvalue weighted by atomic mass is 16.5. The molecule has 1 atom stereocenters. The van der Waals surface area contributed by atoms with Gasteiger partial charge in [-0.2, -0.15) is 0 Å². The zero-order valence-electron chi connectivity index (χ0n) is 13.7. The predicted molar refractivity (Wildman–Crippen MR) is 80.5 cm³/mol. The van der Waals surface area contributed by atoms with Gasteiger partial charge in [-0.25, -0.2) is 0 Å². The van der Waals surface area contributed by atoms with Gasteiger partial charge in [-0.3, -0.25) is 9.59 Å². The topological polar surface area (TPSA) is 76.1 Å². The van der Waals surface area contributed by atoms with Crippen LogP contribution in [0.25, 0.3) is 0 Å². The Bertz CT molecular complexity index is 415.